The standard InChI is InChI=1S/C30H42BrN3O5S/c1-5-16-33(21-14-12-20(13-15-21)32(6-2)7-3)28(37)26-30-19-22(31)25(40-30)23(29(38)39-8-4)24(30)27(36)34(26)17-10-9-11-18-35/h5,12-15,22-26,35H,1,6-11,16-19H2,2-4H3/t22?,23-,24+,25-,26?,30?/m1/s1. The lowest BCUT2D eigenvalue weighted by molar-refractivity contribution is -0.153. The lowest BCUT2D eigenvalue weighted by Gasteiger charge is -2.38. The Bertz CT molecular complexity index is 1080. The molecule has 3 aliphatic heterocycles. The van der Waals surface area contributed by atoms with Gasteiger partial charge in [-0.3, -0.25) is 14.4 Å². The predicted molar refractivity (Wildman–Crippen MR) is 164 cm³/mol. The van der Waals surface area contributed by atoms with Crippen LogP contribution in [0, 0.1) is 11.8 Å². The number of unbranched alkanes of at least 4 members (excludes halogenated alkanes) is 2. The van der Waals surface area contributed by atoms with Gasteiger partial charge in [0, 0.05) is 54.2 Å². The lowest BCUT2D eigenvalue weighted by atomic mass is 9.71. The number of hydrogen-bond acceptors (Lipinski definition) is 7. The summed E-state index contributed by atoms with van der Waals surface area (Å²) < 4.78 is 4.72. The van der Waals surface area contributed by atoms with Gasteiger partial charge in [0.25, 0.3) is 5.91 Å². The third-order valence-electron chi connectivity index (χ3n) is 8.51. The van der Waals surface area contributed by atoms with Gasteiger partial charge in [0.1, 0.15) is 6.04 Å². The Hall–Kier alpha value is -2.04. The number of fused-ring (bicyclic) bond motifs is 1. The minimum Gasteiger partial charge on any atom is -0.466 e. The number of amides is 2. The molecule has 1 spiro atoms. The molecule has 0 aliphatic carbocycles. The number of anilines is 2. The molecule has 3 heterocycles. The minimum absolute atomic E-state index is 0.00167. The smallest absolute Gasteiger partial charge is 0.310 e. The highest BCUT2D eigenvalue weighted by Gasteiger charge is 2.76. The first-order valence-corrected chi connectivity index (χ1v) is 16.3. The zero-order chi connectivity index (χ0) is 29.0. The Morgan fingerprint density at radius 3 is 2.45 bits per heavy atom. The Labute approximate surface area is 250 Å². The number of nitrogens with zero attached hydrogens (tertiary/aromatic N) is 3. The van der Waals surface area contributed by atoms with E-state index >= 15 is 0 Å². The highest BCUT2D eigenvalue weighted by Crippen LogP contribution is 2.68. The highest BCUT2D eigenvalue weighted by atomic mass is 79.9. The minimum atomic E-state index is -0.720. The molecular weight excluding hydrogens is 594 g/mol. The summed E-state index contributed by atoms with van der Waals surface area (Å²) >= 11 is 5.41. The van der Waals surface area contributed by atoms with Crippen LogP contribution in [0.2, 0.25) is 0 Å². The molecule has 1 aromatic carbocycles. The van der Waals surface area contributed by atoms with E-state index < -0.39 is 22.6 Å². The number of esters is 1. The number of carbonyl (C=O) groups is 3. The van der Waals surface area contributed by atoms with Crippen LogP contribution >= 0.6 is 27.7 Å². The first-order valence-electron chi connectivity index (χ1n) is 14.5. The van der Waals surface area contributed by atoms with Gasteiger partial charge in [-0.2, -0.15) is 0 Å². The maximum Gasteiger partial charge on any atom is 0.310 e. The van der Waals surface area contributed by atoms with Gasteiger partial charge in [-0.15, -0.1) is 18.3 Å². The summed E-state index contributed by atoms with van der Waals surface area (Å²) in [5.74, 6) is -1.82. The van der Waals surface area contributed by atoms with E-state index in [1.54, 1.807) is 34.6 Å². The summed E-state index contributed by atoms with van der Waals surface area (Å²) in [6.07, 6.45) is 4.40. The van der Waals surface area contributed by atoms with Crippen molar-refractivity contribution in [1.82, 2.24) is 4.90 Å². The Morgan fingerprint density at radius 1 is 1.18 bits per heavy atom. The van der Waals surface area contributed by atoms with Crippen LogP contribution in [0.5, 0.6) is 0 Å². The molecule has 2 bridgehead atoms. The molecule has 6 atom stereocenters. The number of hydrogen-bond donors (Lipinski definition) is 1. The van der Waals surface area contributed by atoms with Crippen LogP contribution in [0.15, 0.2) is 36.9 Å². The Kier molecular flexibility index (Phi) is 10.3. The van der Waals surface area contributed by atoms with Crippen LogP contribution in [0.3, 0.4) is 0 Å². The van der Waals surface area contributed by atoms with Gasteiger partial charge in [0.2, 0.25) is 5.91 Å². The largest absolute Gasteiger partial charge is 0.466 e. The molecular formula is C30H42BrN3O5S. The molecule has 220 valence electrons. The van der Waals surface area contributed by atoms with E-state index in [1.165, 1.54) is 0 Å². The molecule has 4 rings (SSSR count). The van der Waals surface area contributed by atoms with Gasteiger partial charge in [-0.25, -0.2) is 0 Å². The number of halogens is 1. The average molecular weight is 637 g/mol. The summed E-state index contributed by atoms with van der Waals surface area (Å²) in [5.41, 5.74) is 1.84. The van der Waals surface area contributed by atoms with Crippen molar-refractivity contribution in [3.8, 4) is 0 Å². The van der Waals surface area contributed by atoms with E-state index in [4.69, 9.17) is 4.74 Å². The summed E-state index contributed by atoms with van der Waals surface area (Å²) in [6, 6.07) is 7.26. The molecule has 1 aromatic rings. The summed E-state index contributed by atoms with van der Waals surface area (Å²) in [7, 11) is 0. The number of aliphatic hydroxyl groups is 1. The Balaban J connectivity index is 1.72. The van der Waals surface area contributed by atoms with Crippen molar-refractivity contribution in [2.24, 2.45) is 11.8 Å². The van der Waals surface area contributed by atoms with Gasteiger partial charge in [0.15, 0.2) is 0 Å². The number of ether oxygens (including phenoxy) is 1. The van der Waals surface area contributed by atoms with Gasteiger partial charge < -0.3 is 24.5 Å². The highest BCUT2D eigenvalue weighted by molar-refractivity contribution is 9.09. The van der Waals surface area contributed by atoms with E-state index in [0.29, 0.717) is 32.4 Å². The molecule has 3 aliphatic rings. The molecule has 3 unspecified atom stereocenters. The van der Waals surface area contributed by atoms with Gasteiger partial charge >= 0.3 is 5.97 Å². The molecule has 2 amide bonds. The summed E-state index contributed by atoms with van der Waals surface area (Å²) in [6.45, 7) is 12.7. The number of carbonyl (C=O) groups excluding carboxylic acids is 3. The van der Waals surface area contributed by atoms with Gasteiger partial charge in [0.05, 0.1) is 23.2 Å². The monoisotopic (exact) mass is 635 g/mol. The van der Waals surface area contributed by atoms with Crippen molar-refractivity contribution >= 4 is 56.9 Å². The van der Waals surface area contributed by atoms with E-state index in [2.05, 4.69) is 41.3 Å². The van der Waals surface area contributed by atoms with Crippen LogP contribution in [0.25, 0.3) is 0 Å². The van der Waals surface area contributed by atoms with Crippen molar-refractivity contribution in [3.05, 3.63) is 36.9 Å². The van der Waals surface area contributed by atoms with E-state index in [-0.39, 0.29) is 41.1 Å². The molecule has 8 nitrogen and oxygen atoms in total. The topological polar surface area (TPSA) is 90.4 Å². The number of alkyl halides is 1. The molecule has 1 N–H and O–H groups in total. The number of rotatable bonds is 14. The molecule has 0 radical (unpaired) electrons. The van der Waals surface area contributed by atoms with Gasteiger partial charge in [-0.05, 0) is 70.7 Å². The van der Waals surface area contributed by atoms with Crippen LogP contribution < -0.4 is 9.80 Å². The number of thioether (sulfide) groups is 1. The molecule has 3 fully saturated rings. The van der Waals surface area contributed by atoms with E-state index in [9.17, 15) is 19.5 Å². The Morgan fingerprint density at radius 2 is 1.85 bits per heavy atom. The quantitative estimate of drug-likeness (QED) is 0.142. The number of likely N-dealkylation sites (tertiary alicyclic amines) is 1. The van der Waals surface area contributed by atoms with E-state index in [1.807, 2.05) is 24.3 Å². The summed E-state index contributed by atoms with van der Waals surface area (Å²) in [5, 5.41) is 9.15. The maximum absolute atomic E-state index is 14.6. The first-order chi connectivity index (χ1) is 19.3. The SMILES string of the molecule is C=CCN(C(=O)C1N(CCCCCO)C(=O)[C@@H]2[C@@H](C(=O)OCC)[C@@H]3SC12CC3Br)c1ccc(N(CC)CC)cc1. The fraction of sp³-hybridized carbons (Fsp3) is 0.633. The van der Waals surface area contributed by atoms with Crippen molar-refractivity contribution in [2.45, 2.75) is 67.3 Å². The van der Waals surface area contributed by atoms with Crippen molar-refractivity contribution in [2.75, 3.05) is 49.2 Å². The van der Waals surface area contributed by atoms with Gasteiger partial charge in [-0.1, -0.05) is 22.0 Å². The van der Waals surface area contributed by atoms with Crippen LogP contribution in [0.4, 0.5) is 11.4 Å². The molecule has 10 heteroatoms. The molecule has 0 saturated carbocycles. The van der Waals surface area contributed by atoms with Crippen LogP contribution in [-0.2, 0) is 19.1 Å². The average Bonchev–Trinajstić information content (AvgIpc) is 3.54. The number of benzene rings is 1. The third kappa shape index (κ3) is 5.43. The molecule has 3 saturated heterocycles. The molecule has 0 aromatic heterocycles. The zero-order valence-corrected chi connectivity index (χ0v) is 26.2. The first kappa shape index (κ1) is 30.9. The van der Waals surface area contributed by atoms with Crippen LogP contribution in [0.1, 0.15) is 46.5 Å². The fourth-order valence-electron chi connectivity index (χ4n) is 6.76. The zero-order valence-electron chi connectivity index (χ0n) is 23.8. The number of aliphatic hydroxyl groups excluding tert-OH is 1. The van der Waals surface area contributed by atoms with Crippen molar-refractivity contribution in [1.29, 1.82) is 0 Å². The van der Waals surface area contributed by atoms with Crippen molar-refractivity contribution < 1.29 is 24.2 Å². The second-order valence-electron chi connectivity index (χ2n) is 10.7. The maximum atomic E-state index is 14.6. The normalized spacial score (nSPS) is 28.5. The summed E-state index contributed by atoms with van der Waals surface area (Å²) in [4.78, 5) is 47.6. The fourth-order valence-corrected chi connectivity index (χ4v) is 10.4. The third-order valence-corrected chi connectivity index (χ3v) is 11.7. The second kappa shape index (κ2) is 13.3. The van der Waals surface area contributed by atoms with E-state index in [0.717, 1.165) is 30.9 Å². The molecule has 40 heavy (non-hydrogen) atoms. The lowest BCUT2D eigenvalue weighted by Crippen LogP contribution is -2.55. The van der Waals surface area contributed by atoms with Crippen molar-refractivity contribution in [3.63, 3.8) is 0 Å². The van der Waals surface area contributed by atoms with Crippen LogP contribution in [-0.4, -0.2) is 88.0 Å². The predicted octanol–water partition coefficient (Wildman–Crippen LogP) is 4.24. The second-order valence-corrected chi connectivity index (χ2v) is 13.4.